The van der Waals surface area contributed by atoms with Crippen molar-refractivity contribution in [3.63, 3.8) is 0 Å². The van der Waals surface area contributed by atoms with E-state index in [0.717, 1.165) is 6.42 Å². The van der Waals surface area contributed by atoms with Crippen LogP contribution in [0.1, 0.15) is 5.56 Å². The lowest BCUT2D eigenvalue weighted by molar-refractivity contribution is 1.27. The number of halogens is 2. The molecule has 0 radical (unpaired) electrons. The van der Waals surface area contributed by atoms with Gasteiger partial charge in [-0.1, -0.05) is 53.5 Å². The molecule has 0 spiro atoms. The van der Waals surface area contributed by atoms with Crippen LogP contribution < -0.4 is 0 Å². The van der Waals surface area contributed by atoms with E-state index >= 15 is 0 Å². The SMILES string of the molecule is ClC(Cl)=CCc1ccccc1. The fourth-order valence-electron chi connectivity index (χ4n) is 0.809. The summed E-state index contributed by atoms with van der Waals surface area (Å²) in [6.45, 7) is 0. The summed E-state index contributed by atoms with van der Waals surface area (Å²) in [5, 5.41) is 0. The Hall–Kier alpha value is -0.460. The Morgan fingerprint density at radius 2 is 1.82 bits per heavy atom. The second-order valence-corrected chi connectivity index (χ2v) is 3.19. The van der Waals surface area contributed by atoms with E-state index in [2.05, 4.69) is 0 Å². The van der Waals surface area contributed by atoms with Crippen LogP contribution in [-0.4, -0.2) is 0 Å². The smallest absolute Gasteiger partial charge is 0.0712 e. The fourth-order valence-corrected chi connectivity index (χ4v) is 0.963. The average molecular weight is 187 g/mol. The lowest BCUT2D eigenvalue weighted by Crippen LogP contribution is -1.77. The highest BCUT2D eigenvalue weighted by atomic mass is 35.5. The van der Waals surface area contributed by atoms with Gasteiger partial charge in [0.1, 0.15) is 4.49 Å². The molecular formula is C9H8Cl2. The largest absolute Gasteiger partial charge is 0.103 e. The molecular weight excluding hydrogens is 179 g/mol. The summed E-state index contributed by atoms with van der Waals surface area (Å²) in [4.78, 5) is 0. The van der Waals surface area contributed by atoms with Gasteiger partial charge in [0.2, 0.25) is 0 Å². The molecule has 0 heterocycles. The lowest BCUT2D eigenvalue weighted by atomic mass is 10.2. The van der Waals surface area contributed by atoms with Crippen LogP contribution in [0, 0.1) is 0 Å². The van der Waals surface area contributed by atoms with Gasteiger partial charge in [-0.15, -0.1) is 0 Å². The van der Waals surface area contributed by atoms with E-state index in [-0.39, 0.29) is 0 Å². The van der Waals surface area contributed by atoms with Crippen LogP contribution in [0.15, 0.2) is 40.9 Å². The van der Waals surface area contributed by atoms with Crippen molar-refractivity contribution in [1.29, 1.82) is 0 Å². The summed E-state index contributed by atoms with van der Waals surface area (Å²) in [5.74, 6) is 0. The molecule has 0 saturated heterocycles. The Balaban J connectivity index is 2.59. The predicted octanol–water partition coefficient (Wildman–Crippen LogP) is 3.55. The van der Waals surface area contributed by atoms with Gasteiger partial charge in [-0.2, -0.15) is 0 Å². The Bertz CT molecular complexity index is 235. The molecule has 0 N–H and O–H groups in total. The van der Waals surface area contributed by atoms with Gasteiger partial charge in [-0.05, 0) is 18.1 Å². The van der Waals surface area contributed by atoms with E-state index in [9.17, 15) is 0 Å². The van der Waals surface area contributed by atoms with Crippen LogP contribution >= 0.6 is 23.2 Å². The van der Waals surface area contributed by atoms with Crippen molar-refractivity contribution < 1.29 is 0 Å². The zero-order valence-electron chi connectivity index (χ0n) is 5.93. The maximum atomic E-state index is 5.45. The van der Waals surface area contributed by atoms with Crippen LogP contribution in [0.25, 0.3) is 0 Å². The maximum Gasteiger partial charge on any atom is 0.103 e. The van der Waals surface area contributed by atoms with E-state index in [1.165, 1.54) is 5.56 Å². The Morgan fingerprint density at radius 1 is 1.18 bits per heavy atom. The molecule has 0 aliphatic rings. The summed E-state index contributed by atoms with van der Waals surface area (Å²) in [7, 11) is 0. The molecule has 11 heavy (non-hydrogen) atoms. The van der Waals surface area contributed by atoms with Gasteiger partial charge in [-0.25, -0.2) is 0 Å². The van der Waals surface area contributed by atoms with Crippen molar-refractivity contribution in [3.8, 4) is 0 Å². The fraction of sp³-hybridized carbons (Fsp3) is 0.111. The standard InChI is InChI=1S/C9H8Cl2/c10-9(11)7-6-8-4-2-1-3-5-8/h1-5,7H,6H2. The van der Waals surface area contributed by atoms with Gasteiger partial charge in [0.15, 0.2) is 0 Å². The minimum Gasteiger partial charge on any atom is -0.0712 e. The van der Waals surface area contributed by atoms with Gasteiger partial charge in [0.05, 0.1) is 0 Å². The van der Waals surface area contributed by atoms with E-state index in [0.29, 0.717) is 4.49 Å². The van der Waals surface area contributed by atoms with Gasteiger partial charge in [-0.3, -0.25) is 0 Å². The molecule has 0 nitrogen and oxygen atoms in total. The van der Waals surface area contributed by atoms with E-state index < -0.39 is 0 Å². The average Bonchev–Trinajstić information content (AvgIpc) is 2.03. The predicted molar refractivity (Wildman–Crippen MR) is 49.9 cm³/mol. The highest BCUT2D eigenvalue weighted by Gasteiger charge is 1.87. The number of hydrogen-bond donors (Lipinski definition) is 0. The van der Waals surface area contributed by atoms with Crippen molar-refractivity contribution >= 4 is 23.2 Å². The molecule has 0 atom stereocenters. The van der Waals surface area contributed by atoms with Crippen molar-refractivity contribution in [3.05, 3.63) is 46.5 Å². The van der Waals surface area contributed by atoms with Crippen LogP contribution in [0.4, 0.5) is 0 Å². The first-order valence-corrected chi connectivity index (χ1v) is 4.10. The molecule has 1 aromatic carbocycles. The first-order chi connectivity index (χ1) is 5.29. The first-order valence-electron chi connectivity index (χ1n) is 3.34. The van der Waals surface area contributed by atoms with Gasteiger partial charge < -0.3 is 0 Å². The van der Waals surface area contributed by atoms with E-state index in [1.54, 1.807) is 6.08 Å². The van der Waals surface area contributed by atoms with Crippen LogP contribution in [-0.2, 0) is 6.42 Å². The molecule has 0 unspecified atom stereocenters. The van der Waals surface area contributed by atoms with Crippen LogP contribution in [0.5, 0.6) is 0 Å². The molecule has 2 heteroatoms. The minimum atomic E-state index is 0.328. The molecule has 1 aromatic rings. The second kappa shape index (κ2) is 4.42. The maximum absolute atomic E-state index is 5.45. The van der Waals surface area contributed by atoms with Gasteiger partial charge >= 0.3 is 0 Å². The lowest BCUT2D eigenvalue weighted by Gasteiger charge is -1.93. The van der Waals surface area contributed by atoms with Gasteiger partial charge in [0.25, 0.3) is 0 Å². The Kier molecular flexibility index (Phi) is 3.47. The molecule has 0 bridgehead atoms. The number of benzene rings is 1. The molecule has 0 amide bonds. The highest BCUT2D eigenvalue weighted by Crippen LogP contribution is 2.09. The van der Waals surface area contributed by atoms with Crippen LogP contribution in [0.2, 0.25) is 0 Å². The summed E-state index contributed by atoms with van der Waals surface area (Å²) in [6.07, 6.45) is 2.57. The molecule has 1 rings (SSSR count). The zero-order valence-corrected chi connectivity index (χ0v) is 7.44. The normalized spacial score (nSPS) is 9.27. The Morgan fingerprint density at radius 3 is 2.36 bits per heavy atom. The van der Waals surface area contributed by atoms with Crippen LogP contribution in [0.3, 0.4) is 0 Å². The number of rotatable bonds is 2. The van der Waals surface area contributed by atoms with E-state index in [1.807, 2.05) is 30.3 Å². The molecule has 0 saturated carbocycles. The van der Waals surface area contributed by atoms with Crippen molar-refractivity contribution in [2.45, 2.75) is 6.42 Å². The monoisotopic (exact) mass is 186 g/mol. The second-order valence-electron chi connectivity index (χ2n) is 2.18. The summed E-state index contributed by atoms with van der Waals surface area (Å²) >= 11 is 10.9. The van der Waals surface area contributed by atoms with E-state index in [4.69, 9.17) is 23.2 Å². The zero-order chi connectivity index (χ0) is 8.10. The quantitative estimate of drug-likeness (QED) is 0.664. The number of hydrogen-bond acceptors (Lipinski definition) is 0. The molecule has 0 aromatic heterocycles. The third kappa shape index (κ3) is 3.45. The molecule has 58 valence electrons. The molecule has 0 aliphatic heterocycles. The summed E-state index contributed by atoms with van der Waals surface area (Å²) in [5.41, 5.74) is 1.21. The summed E-state index contributed by atoms with van der Waals surface area (Å²) < 4.78 is 0.328. The third-order valence-electron chi connectivity index (χ3n) is 1.33. The topological polar surface area (TPSA) is 0 Å². The number of allylic oxidation sites excluding steroid dienone is 1. The van der Waals surface area contributed by atoms with Gasteiger partial charge in [0, 0.05) is 0 Å². The highest BCUT2D eigenvalue weighted by molar-refractivity contribution is 6.55. The van der Waals surface area contributed by atoms with Crippen molar-refractivity contribution in [1.82, 2.24) is 0 Å². The minimum absolute atomic E-state index is 0.328. The first kappa shape index (κ1) is 8.63. The molecule has 0 fully saturated rings. The Labute approximate surface area is 76.4 Å². The third-order valence-corrected chi connectivity index (χ3v) is 1.64. The van der Waals surface area contributed by atoms with Crippen molar-refractivity contribution in [2.24, 2.45) is 0 Å². The van der Waals surface area contributed by atoms with Crippen molar-refractivity contribution in [2.75, 3.05) is 0 Å². The summed E-state index contributed by atoms with van der Waals surface area (Å²) in [6, 6.07) is 10.0. The molecule has 0 aliphatic carbocycles.